The number of halogens is 2. The van der Waals surface area contributed by atoms with Gasteiger partial charge in [-0.3, -0.25) is 4.79 Å². The van der Waals surface area contributed by atoms with Gasteiger partial charge in [0.05, 0.1) is 10.0 Å². The fourth-order valence-corrected chi connectivity index (χ4v) is 2.75. The highest BCUT2D eigenvalue weighted by molar-refractivity contribution is 6.42. The number of nitrogens with one attached hydrogen (secondary N) is 1. The number of carbonyl (C=O) groups is 1. The molecule has 2 atom stereocenters. The van der Waals surface area contributed by atoms with E-state index in [-0.39, 0.29) is 5.91 Å². The average molecular weight is 317 g/mol. The molecule has 0 unspecified atom stereocenters. The van der Waals surface area contributed by atoms with Gasteiger partial charge in [-0.15, -0.1) is 0 Å². The smallest absolute Gasteiger partial charge is 0.242 e. The van der Waals surface area contributed by atoms with E-state index in [4.69, 9.17) is 23.2 Å². The normalized spacial score (nSPS) is 18.1. The summed E-state index contributed by atoms with van der Waals surface area (Å²) in [6, 6.07) is 4.22. The molecule has 0 bridgehead atoms. The Morgan fingerprint density at radius 1 is 1.30 bits per heavy atom. The summed E-state index contributed by atoms with van der Waals surface area (Å²) in [6.45, 7) is 1.51. The Kier molecular flexibility index (Phi) is 5.27. The molecule has 1 aromatic carbocycles. The first kappa shape index (κ1) is 15.6. The van der Waals surface area contributed by atoms with Gasteiger partial charge in [-0.1, -0.05) is 29.3 Å². The van der Waals surface area contributed by atoms with Crippen LogP contribution in [-0.2, 0) is 4.79 Å². The van der Waals surface area contributed by atoms with Crippen LogP contribution in [0.3, 0.4) is 0 Å². The van der Waals surface area contributed by atoms with Crippen molar-refractivity contribution in [2.45, 2.75) is 25.0 Å². The zero-order valence-electron chi connectivity index (χ0n) is 11.3. The van der Waals surface area contributed by atoms with Crippen LogP contribution in [0.5, 0.6) is 0 Å². The van der Waals surface area contributed by atoms with Crippen LogP contribution in [0.1, 0.15) is 24.5 Å². The van der Waals surface area contributed by atoms with Crippen LogP contribution < -0.4 is 5.32 Å². The van der Waals surface area contributed by atoms with E-state index in [0.717, 1.165) is 25.9 Å². The number of likely N-dealkylation sites (N-methyl/N-ethyl adjacent to an activating group) is 1. The summed E-state index contributed by atoms with van der Waals surface area (Å²) >= 11 is 11.8. The Hall–Kier alpha value is -0.810. The summed E-state index contributed by atoms with van der Waals surface area (Å²) in [5.41, 5.74) is 0.575. The molecule has 1 heterocycles. The largest absolute Gasteiger partial charge is 0.386 e. The molecular formula is C14H18Cl2N2O2. The topological polar surface area (TPSA) is 52.6 Å². The highest BCUT2D eigenvalue weighted by Crippen LogP contribution is 2.27. The molecule has 1 aliphatic rings. The molecule has 1 fully saturated rings. The SMILES string of the molecule is CN[C@@H](C(=O)N1CCCC1)[C@@H](O)c1ccc(Cl)c(Cl)c1. The second-order valence-electron chi connectivity index (χ2n) is 4.92. The Bertz CT molecular complexity index is 490. The molecule has 4 nitrogen and oxygen atoms in total. The predicted octanol–water partition coefficient (Wildman–Crippen LogP) is 2.24. The Morgan fingerprint density at radius 3 is 2.50 bits per heavy atom. The van der Waals surface area contributed by atoms with E-state index in [1.807, 2.05) is 0 Å². The number of nitrogens with zero attached hydrogens (tertiary/aromatic N) is 1. The van der Waals surface area contributed by atoms with Gasteiger partial charge < -0.3 is 15.3 Å². The highest BCUT2D eigenvalue weighted by atomic mass is 35.5. The van der Waals surface area contributed by atoms with Crippen LogP contribution >= 0.6 is 23.2 Å². The van der Waals surface area contributed by atoms with Crippen molar-refractivity contribution in [2.75, 3.05) is 20.1 Å². The summed E-state index contributed by atoms with van der Waals surface area (Å²) in [5.74, 6) is -0.0800. The van der Waals surface area contributed by atoms with E-state index >= 15 is 0 Å². The third-order valence-corrected chi connectivity index (χ3v) is 4.33. The molecule has 2 rings (SSSR count). The van der Waals surface area contributed by atoms with E-state index in [2.05, 4.69) is 5.32 Å². The van der Waals surface area contributed by atoms with Gasteiger partial charge in [-0.05, 0) is 37.6 Å². The molecule has 2 N–H and O–H groups in total. The van der Waals surface area contributed by atoms with Crippen molar-refractivity contribution in [2.24, 2.45) is 0 Å². The van der Waals surface area contributed by atoms with Crippen LogP contribution in [0.2, 0.25) is 10.0 Å². The molecule has 0 saturated carbocycles. The second kappa shape index (κ2) is 6.76. The average Bonchev–Trinajstić information content (AvgIpc) is 2.96. The number of aliphatic hydroxyl groups is 1. The molecule has 1 aliphatic heterocycles. The summed E-state index contributed by atoms with van der Waals surface area (Å²) in [4.78, 5) is 14.2. The minimum atomic E-state index is -0.956. The third-order valence-electron chi connectivity index (χ3n) is 3.60. The van der Waals surface area contributed by atoms with E-state index in [1.165, 1.54) is 0 Å². The molecule has 1 aromatic rings. The van der Waals surface area contributed by atoms with Gasteiger partial charge >= 0.3 is 0 Å². The minimum Gasteiger partial charge on any atom is -0.386 e. The van der Waals surface area contributed by atoms with Crippen LogP contribution in [-0.4, -0.2) is 42.1 Å². The lowest BCUT2D eigenvalue weighted by molar-refractivity contribution is -0.135. The molecule has 0 aliphatic carbocycles. The Morgan fingerprint density at radius 2 is 1.95 bits per heavy atom. The number of rotatable bonds is 4. The fourth-order valence-electron chi connectivity index (χ4n) is 2.44. The summed E-state index contributed by atoms with van der Waals surface area (Å²) in [7, 11) is 1.67. The van der Waals surface area contributed by atoms with Gasteiger partial charge in [0, 0.05) is 13.1 Å². The first-order valence-electron chi connectivity index (χ1n) is 6.63. The monoisotopic (exact) mass is 316 g/mol. The molecule has 20 heavy (non-hydrogen) atoms. The van der Waals surface area contributed by atoms with Crippen molar-refractivity contribution in [3.8, 4) is 0 Å². The molecule has 0 radical (unpaired) electrons. The summed E-state index contributed by atoms with van der Waals surface area (Å²) in [5, 5.41) is 14.1. The van der Waals surface area contributed by atoms with Gasteiger partial charge in [0.2, 0.25) is 5.91 Å². The van der Waals surface area contributed by atoms with Crippen molar-refractivity contribution < 1.29 is 9.90 Å². The molecular weight excluding hydrogens is 299 g/mol. The van der Waals surface area contributed by atoms with Gasteiger partial charge in [-0.25, -0.2) is 0 Å². The standard InChI is InChI=1S/C14H18Cl2N2O2/c1-17-12(14(20)18-6-2-3-7-18)13(19)9-4-5-10(15)11(16)8-9/h4-5,8,12-13,17,19H,2-3,6-7H2,1H3/t12-,13+/m1/s1. The van der Waals surface area contributed by atoms with Crippen molar-refractivity contribution in [1.29, 1.82) is 0 Å². The first-order chi connectivity index (χ1) is 9.54. The number of carbonyl (C=O) groups excluding carboxylic acids is 1. The van der Waals surface area contributed by atoms with Crippen LogP contribution in [0.4, 0.5) is 0 Å². The lowest BCUT2D eigenvalue weighted by Crippen LogP contribution is -2.47. The maximum Gasteiger partial charge on any atom is 0.242 e. The number of likely N-dealkylation sites (tertiary alicyclic amines) is 1. The maximum absolute atomic E-state index is 12.4. The van der Waals surface area contributed by atoms with E-state index < -0.39 is 12.1 Å². The Labute approximate surface area is 128 Å². The number of amides is 1. The van der Waals surface area contributed by atoms with E-state index in [9.17, 15) is 9.90 Å². The lowest BCUT2D eigenvalue weighted by Gasteiger charge is -2.26. The third kappa shape index (κ3) is 3.26. The molecule has 1 amide bonds. The van der Waals surface area contributed by atoms with Crippen molar-refractivity contribution in [1.82, 2.24) is 10.2 Å². The van der Waals surface area contributed by atoms with Crippen molar-refractivity contribution in [3.63, 3.8) is 0 Å². The van der Waals surface area contributed by atoms with E-state index in [0.29, 0.717) is 15.6 Å². The number of hydrogen-bond donors (Lipinski definition) is 2. The summed E-state index contributed by atoms with van der Waals surface area (Å²) in [6.07, 6.45) is 1.08. The molecule has 0 spiro atoms. The number of benzene rings is 1. The summed E-state index contributed by atoms with van der Waals surface area (Å²) < 4.78 is 0. The van der Waals surface area contributed by atoms with Gasteiger partial charge in [0.25, 0.3) is 0 Å². The first-order valence-corrected chi connectivity index (χ1v) is 7.39. The lowest BCUT2D eigenvalue weighted by atomic mass is 10.0. The predicted molar refractivity (Wildman–Crippen MR) is 80.1 cm³/mol. The van der Waals surface area contributed by atoms with Crippen LogP contribution in [0.15, 0.2) is 18.2 Å². The number of hydrogen-bond acceptors (Lipinski definition) is 3. The maximum atomic E-state index is 12.4. The molecule has 110 valence electrons. The second-order valence-corrected chi connectivity index (χ2v) is 5.73. The van der Waals surface area contributed by atoms with E-state index in [1.54, 1.807) is 30.1 Å². The minimum absolute atomic E-state index is 0.0800. The zero-order chi connectivity index (χ0) is 14.7. The van der Waals surface area contributed by atoms with Crippen molar-refractivity contribution in [3.05, 3.63) is 33.8 Å². The quantitative estimate of drug-likeness (QED) is 0.895. The Balaban J connectivity index is 2.17. The van der Waals surface area contributed by atoms with Gasteiger partial charge in [-0.2, -0.15) is 0 Å². The molecule has 1 saturated heterocycles. The molecule has 0 aromatic heterocycles. The van der Waals surface area contributed by atoms with Crippen molar-refractivity contribution >= 4 is 29.1 Å². The van der Waals surface area contributed by atoms with Gasteiger partial charge in [0.1, 0.15) is 12.1 Å². The highest BCUT2D eigenvalue weighted by Gasteiger charge is 2.31. The van der Waals surface area contributed by atoms with Gasteiger partial charge in [0.15, 0.2) is 0 Å². The molecule has 6 heteroatoms. The zero-order valence-corrected chi connectivity index (χ0v) is 12.8. The van der Waals surface area contributed by atoms with Crippen LogP contribution in [0, 0.1) is 0 Å². The number of aliphatic hydroxyl groups excluding tert-OH is 1. The van der Waals surface area contributed by atoms with Crippen LogP contribution in [0.25, 0.3) is 0 Å². The fraction of sp³-hybridized carbons (Fsp3) is 0.500.